The first-order valence-electron chi connectivity index (χ1n) is 10.2. The number of carbonyl (C=O) groups is 1. The van der Waals surface area contributed by atoms with Crippen LogP contribution in [-0.2, 0) is 4.79 Å². The van der Waals surface area contributed by atoms with Crippen molar-refractivity contribution in [1.82, 2.24) is 9.55 Å². The lowest BCUT2D eigenvalue weighted by atomic mass is 10.1. The van der Waals surface area contributed by atoms with Gasteiger partial charge in [-0.25, -0.2) is 4.98 Å². The summed E-state index contributed by atoms with van der Waals surface area (Å²) in [6, 6.07) is 18.1. The summed E-state index contributed by atoms with van der Waals surface area (Å²) in [5.41, 5.74) is 3.79. The van der Waals surface area contributed by atoms with E-state index in [1.54, 1.807) is 34.9 Å². The summed E-state index contributed by atoms with van der Waals surface area (Å²) in [6.45, 7) is 3.97. The number of nitrogens with zero attached hydrogens (tertiary/aromatic N) is 2. The summed E-state index contributed by atoms with van der Waals surface area (Å²) >= 11 is 7.35. The number of amides is 1. The molecule has 3 aromatic carbocycles. The predicted octanol–water partition coefficient (Wildman–Crippen LogP) is 5.40. The van der Waals surface area contributed by atoms with Crippen LogP contribution in [0.4, 0.5) is 5.69 Å². The molecule has 8 heteroatoms. The maximum Gasteiger partial charge on any atom is 0.266 e. The second-order valence-corrected chi connectivity index (χ2v) is 8.81. The number of anilines is 1. The molecule has 1 amide bonds. The van der Waals surface area contributed by atoms with Gasteiger partial charge in [0.05, 0.1) is 34.5 Å². The van der Waals surface area contributed by atoms with Crippen molar-refractivity contribution < 1.29 is 9.53 Å². The summed E-state index contributed by atoms with van der Waals surface area (Å²) in [7, 11) is 1.53. The van der Waals surface area contributed by atoms with Crippen LogP contribution in [0.5, 0.6) is 5.75 Å². The lowest BCUT2D eigenvalue weighted by molar-refractivity contribution is -0.113. The molecule has 33 heavy (non-hydrogen) atoms. The van der Waals surface area contributed by atoms with E-state index in [0.29, 0.717) is 32.5 Å². The summed E-state index contributed by atoms with van der Waals surface area (Å²) in [6.07, 6.45) is 0. The van der Waals surface area contributed by atoms with Crippen LogP contribution in [0.15, 0.2) is 70.6 Å². The van der Waals surface area contributed by atoms with Gasteiger partial charge in [-0.2, -0.15) is 0 Å². The number of fused-ring (bicyclic) bond motifs is 1. The van der Waals surface area contributed by atoms with Crippen molar-refractivity contribution in [3.8, 4) is 11.4 Å². The van der Waals surface area contributed by atoms with Crippen molar-refractivity contribution >= 4 is 45.9 Å². The van der Waals surface area contributed by atoms with Crippen molar-refractivity contribution in [3.63, 3.8) is 0 Å². The highest BCUT2D eigenvalue weighted by atomic mass is 35.5. The van der Waals surface area contributed by atoms with Crippen molar-refractivity contribution in [2.75, 3.05) is 18.2 Å². The molecular weight excluding hydrogens is 458 g/mol. The number of carbonyl (C=O) groups excluding carboxylic acids is 1. The molecule has 1 aromatic heterocycles. The molecular formula is C25H22ClN3O3S. The van der Waals surface area contributed by atoms with Crippen LogP contribution in [-0.4, -0.2) is 28.3 Å². The number of halogens is 1. The second kappa shape index (κ2) is 9.68. The third kappa shape index (κ3) is 4.74. The van der Waals surface area contributed by atoms with Gasteiger partial charge in [-0.05, 0) is 61.4 Å². The van der Waals surface area contributed by atoms with Crippen LogP contribution in [0.25, 0.3) is 16.6 Å². The van der Waals surface area contributed by atoms with E-state index in [9.17, 15) is 9.59 Å². The molecule has 0 aliphatic carbocycles. The van der Waals surface area contributed by atoms with Gasteiger partial charge in [-0.3, -0.25) is 14.2 Å². The zero-order chi connectivity index (χ0) is 23.5. The lowest BCUT2D eigenvalue weighted by Crippen LogP contribution is -2.23. The fourth-order valence-corrected chi connectivity index (χ4v) is 4.53. The Morgan fingerprint density at radius 2 is 1.91 bits per heavy atom. The zero-order valence-electron chi connectivity index (χ0n) is 18.4. The van der Waals surface area contributed by atoms with E-state index < -0.39 is 0 Å². The topological polar surface area (TPSA) is 73.2 Å². The fraction of sp³-hybridized carbons (Fsp3) is 0.160. The molecule has 0 radical (unpaired) electrons. The van der Waals surface area contributed by atoms with Crippen LogP contribution >= 0.6 is 23.4 Å². The molecule has 0 fully saturated rings. The molecule has 168 valence electrons. The standard InChI is InChI=1S/C25H22ClN3O3S/c1-15-7-6-10-21(16(15)2)29-24(31)18-8-4-5-9-20(18)28-25(29)33-14-23(30)27-17-11-12-22(32-3)19(26)13-17/h4-13H,14H2,1-3H3,(H,27,30). The molecule has 0 atom stereocenters. The summed E-state index contributed by atoms with van der Waals surface area (Å²) in [5.74, 6) is 0.359. The van der Waals surface area contributed by atoms with Crippen LogP contribution in [0.3, 0.4) is 0 Å². The first kappa shape index (κ1) is 22.9. The van der Waals surface area contributed by atoms with E-state index in [2.05, 4.69) is 5.32 Å². The minimum absolute atomic E-state index is 0.0687. The molecule has 1 heterocycles. The molecule has 0 aliphatic heterocycles. The smallest absolute Gasteiger partial charge is 0.266 e. The molecule has 1 N–H and O–H groups in total. The van der Waals surface area contributed by atoms with Gasteiger partial charge in [0.15, 0.2) is 5.16 Å². The first-order valence-corrected chi connectivity index (χ1v) is 11.6. The molecule has 0 saturated carbocycles. The molecule has 0 aliphatic rings. The number of methoxy groups -OCH3 is 1. The largest absolute Gasteiger partial charge is 0.495 e. The number of benzene rings is 3. The Labute approximate surface area is 200 Å². The van der Waals surface area contributed by atoms with Gasteiger partial charge in [0.1, 0.15) is 5.75 Å². The van der Waals surface area contributed by atoms with Crippen molar-refractivity contribution in [1.29, 1.82) is 0 Å². The second-order valence-electron chi connectivity index (χ2n) is 7.46. The fourth-order valence-electron chi connectivity index (χ4n) is 3.47. The Morgan fingerprint density at radius 1 is 1.12 bits per heavy atom. The van der Waals surface area contributed by atoms with Crippen LogP contribution in [0.1, 0.15) is 11.1 Å². The monoisotopic (exact) mass is 479 g/mol. The predicted molar refractivity (Wildman–Crippen MR) is 134 cm³/mol. The average Bonchev–Trinajstić information content (AvgIpc) is 2.80. The molecule has 0 bridgehead atoms. The third-order valence-corrected chi connectivity index (χ3v) is 6.56. The first-order chi connectivity index (χ1) is 15.9. The number of aryl methyl sites for hydroxylation is 1. The molecule has 0 spiro atoms. The van der Waals surface area contributed by atoms with Gasteiger partial charge >= 0.3 is 0 Å². The highest BCUT2D eigenvalue weighted by molar-refractivity contribution is 7.99. The van der Waals surface area contributed by atoms with E-state index in [1.807, 2.05) is 44.2 Å². The van der Waals surface area contributed by atoms with Gasteiger partial charge in [0.2, 0.25) is 5.91 Å². The molecule has 0 saturated heterocycles. The van der Waals surface area contributed by atoms with Crippen molar-refractivity contribution in [2.45, 2.75) is 19.0 Å². The normalized spacial score (nSPS) is 10.9. The Kier molecular flexibility index (Phi) is 6.72. The Bertz CT molecular complexity index is 1420. The minimum Gasteiger partial charge on any atom is -0.495 e. The molecule has 4 aromatic rings. The van der Waals surface area contributed by atoms with Gasteiger partial charge in [-0.15, -0.1) is 0 Å². The maximum absolute atomic E-state index is 13.4. The molecule has 6 nitrogen and oxygen atoms in total. The average molecular weight is 480 g/mol. The van der Waals surface area contributed by atoms with E-state index in [4.69, 9.17) is 21.3 Å². The maximum atomic E-state index is 13.4. The zero-order valence-corrected chi connectivity index (χ0v) is 20.0. The Balaban J connectivity index is 1.67. The number of ether oxygens (including phenoxy) is 1. The Morgan fingerprint density at radius 3 is 2.67 bits per heavy atom. The van der Waals surface area contributed by atoms with E-state index in [1.165, 1.54) is 18.9 Å². The quantitative estimate of drug-likeness (QED) is 0.296. The van der Waals surface area contributed by atoms with Gasteiger partial charge < -0.3 is 10.1 Å². The SMILES string of the molecule is COc1ccc(NC(=O)CSc2nc3ccccc3c(=O)n2-c2cccc(C)c2C)cc1Cl. The van der Waals surface area contributed by atoms with E-state index >= 15 is 0 Å². The van der Waals surface area contributed by atoms with Crippen LogP contribution in [0, 0.1) is 13.8 Å². The highest BCUT2D eigenvalue weighted by Crippen LogP contribution is 2.28. The lowest BCUT2D eigenvalue weighted by Gasteiger charge is -2.16. The number of nitrogens with one attached hydrogen (secondary N) is 1. The van der Waals surface area contributed by atoms with Crippen LogP contribution in [0.2, 0.25) is 5.02 Å². The van der Waals surface area contributed by atoms with Crippen molar-refractivity contribution in [2.24, 2.45) is 0 Å². The number of aromatic nitrogens is 2. The van der Waals surface area contributed by atoms with Gasteiger partial charge in [-0.1, -0.05) is 47.6 Å². The third-order valence-electron chi connectivity index (χ3n) is 5.33. The summed E-state index contributed by atoms with van der Waals surface area (Å²) in [5, 5.41) is 4.21. The van der Waals surface area contributed by atoms with Gasteiger partial charge in [0, 0.05) is 5.69 Å². The van der Waals surface area contributed by atoms with Crippen LogP contribution < -0.4 is 15.6 Å². The van der Waals surface area contributed by atoms with Crippen molar-refractivity contribution in [3.05, 3.63) is 87.2 Å². The number of para-hydroxylation sites is 1. The van der Waals surface area contributed by atoms with Gasteiger partial charge in [0.25, 0.3) is 5.56 Å². The summed E-state index contributed by atoms with van der Waals surface area (Å²) in [4.78, 5) is 30.8. The minimum atomic E-state index is -0.240. The number of thioether (sulfide) groups is 1. The molecule has 4 rings (SSSR count). The number of hydrogen-bond acceptors (Lipinski definition) is 5. The van der Waals surface area contributed by atoms with E-state index in [0.717, 1.165) is 16.8 Å². The summed E-state index contributed by atoms with van der Waals surface area (Å²) < 4.78 is 6.73. The highest BCUT2D eigenvalue weighted by Gasteiger charge is 2.17. The van der Waals surface area contributed by atoms with E-state index in [-0.39, 0.29) is 17.2 Å². The number of rotatable bonds is 6. The molecule has 0 unspecified atom stereocenters. The Hall–Kier alpha value is -3.29. The number of hydrogen-bond donors (Lipinski definition) is 1.